The van der Waals surface area contributed by atoms with E-state index in [-0.39, 0.29) is 26.2 Å². The Morgan fingerprint density at radius 1 is 1.05 bits per heavy atom. The highest BCUT2D eigenvalue weighted by Crippen LogP contribution is 2.36. The van der Waals surface area contributed by atoms with E-state index in [4.69, 9.17) is 33.9 Å². The first-order valence-electron chi connectivity index (χ1n) is 5.47. The van der Waals surface area contributed by atoms with Crippen LogP contribution in [0.25, 0.3) is 11.3 Å². The molecule has 0 aliphatic heterocycles. The number of rotatable bonds is 2. The molecule has 10 heteroatoms. The molecule has 0 radical (unpaired) electrons. The first-order valence-corrected chi connectivity index (χ1v) is 8.54. The molecule has 0 saturated carbocycles. The van der Waals surface area contributed by atoms with Crippen LogP contribution in [0.4, 0.5) is 13.2 Å². The smallest absolute Gasteiger partial charge is 0.254 e. The summed E-state index contributed by atoms with van der Waals surface area (Å²) in [4.78, 5) is 3.25. The van der Waals surface area contributed by atoms with Gasteiger partial charge in [-0.1, -0.05) is 29.3 Å². The predicted octanol–water partition coefficient (Wildman–Crippen LogP) is 5.00. The van der Waals surface area contributed by atoms with Gasteiger partial charge in [-0.3, -0.25) is 4.98 Å². The van der Waals surface area contributed by atoms with Crippen molar-refractivity contribution in [3.63, 3.8) is 0 Å². The van der Waals surface area contributed by atoms with Gasteiger partial charge in [-0.15, -0.1) is 0 Å². The number of nitrogens with zero attached hydrogens (tertiary/aromatic N) is 1. The van der Waals surface area contributed by atoms with E-state index in [1.807, 2.05) is 0 Å². The minimum Gasteiger partial charge on any atom is -0.254 e. The van der Waals surface area contributed by atoms with Crippen molar-refractivity contribution in [2.75, 3.05) is 0 Å². The van der Waals surface area contributed by atoms with Crippen molar-refractivity contribution < 1.29 is 21.6 Å². The van der Waals surface area contributed by atoms with E-state index in [1.54, 1.807) is 0 Å². The molecular weight excluding hydrogens is 386 g/mol. The Morgan fingerprint density at radius 2 is 1.68 bits per heavy atom. The Hall–Kier alpha value is -1.02. The van der Waals surface area contributed by atoms with E-state index >= 15 is 0 Å². The maximum atomic E-state index is 12.6. The number of hydrogen-bond acceptors (Lipinski definition) is 3. The lowest BCUT2D eigenvalue weighted by molar-refractivity contribution is -0.137. The van der Waals surface area contributed by atoms with Crippen LogP contribution in [0, 0.1) is 0 Å². The Labute approximate surface area is 138 Å². The molecule has 0 saturated heterocycles. The van der Waals surface area contributed by atoms with Crippen LogP contribution in [0.2, 0.25) is 10.0 Å². The van der Waals surface area contributed by atoms with Crippen molar-refractivity contribution in [3.8, 4) is 11.3 Å². The predicted molar refractivity (Wildman–Crippen MR) is 77.7 cm³/mol. The largest absolute Gasteiger partial charge is 0.417 e. The van der Waals surface area contributed by atoms with Gasteiger partial charge in [-0.2, -0.15) is 13.2 Å². The van der Waals surface area contributed by atoms with Crippen LogP contribution in [0.3, 0.4) is 0 Å². The fourth-order valence-electron chi connectivity index (χ4n) is 1.64. The molecule has 1 heterocycles. The Balaban J connectivity index is 2.59. The summed E-state index contributed by atoms with van der Waals surface area (Å²) in [6, 6.07) is 4.40. The first-order chi connectivity index (χ1) is 10.00. The molecule has 0 unspecified atom stereocenters. The summed E-state index contributed by atoms with van der Waals surface area (Å²) in [7, 11) is 1.11. The third-order valence-electron chi connectivity index (χ3n) is 2.64. The molecule has 0 amide bonds. The highest BCUT2D eigenvalue weighted by Gasteiger charge is 2.31. The summed E-state index contributed by atoms with van der Waals surface area (Å²) < 4.78 is 60.5. The second-order valence-electron chi connectivity index (χ2n) is 4.14. The van der Waals surface area contributed by atoms with E-state index < -0.39 is 20.8 Å². The minimum atomic E-state index is -4.58. The van der Waals surface area contributed by atoms with Crippen molar-refractivity contribution in [1.82, 2.24) is 4.98 Å². The highest BCUT2D eigenvalue weighted by molar-refractivity contribution is 8.13. The van der Waals surface area contributed by atoms with Gasteiger partial charge in [0.05, 0.1) is 21.3 Å². The number of pyridine rings is 1. The zero-order chi connectivity index (χ0) is 16.7. The standard InChI is InChI=1S/C12H5Cl3F3NO2S/c13-8-2-1-6(3-10(8)22(15,20)21)11-9(14)4-7(5-19-11)12(16,17)18/h1-5H. The SMILES string of the molecule is O=S(=O)(Cl)c1cc(-c2ncc(C(F)(F)F)cc2Cl)ccc1Cl. The number of alkyl halides is 3. The summed E-state index contributed by atoms with van der Waals surface area (Å²) in [5, 5.41) is -0.406. The van der Waals surface area contributed by atoms with Crippen molar-refractivity contribution in [1.29, 1.82) is 0 Å². The van der Waals surface area contributed by atoms with Gasteiger partial charge in [-0.25, -0.2) is 8.42 Å². The van der Waals surface area contributed by atoms with Crippen molar-refractivity contribution in [3.05, 3.63) is 46.1 Å². The maximum Gasteiger partial charge on any atom is 0.417 e. The summed E-state index contributed by atoms with van der Waals surface area (Å²) in [5.41, 5.74) is -0.865. The molecular formula is C12H5Cl3F3NO2S. The number of benzene rings is 1. The van der Waals surface area contributed by atoms with E-state index in [1.165, 1.54) is 12.1 Å². The molecule has 118 valence electrons. The Morgan fingerprint density at radius 3 is 2.18 bits per heavy atom. The molecule has 22 heavy (non-hydrogen) atoms. The zero-order valence-corrected chi connectivity index (χ0v) is 13.4. The van der Waals surface area contributed by atoms with Crippen LogP contribution in [0.5, 0.6) is 0 Å². The lowest BCUT2D eigenvalue weighted by atomic mass is 10.1. The fourth-order valence-corrected chi connectivity index (χ4v) is 3.41. The average Bonchev–Trinajstić information content (AvgIpc) is 2.37. The second kappa shape index (κ2) is 5.88. The normalized spacial score (nSPS) is 12.5. The molecule has 0 atom stereocenters. The maximum absolute atomic E-state index is 12.6. The molecule has 0 N–H and O–H groups in total. The molecule has 0 fully saturated rings. The number of hydrogen-bond donors (Lipinski definition) is 0. The van der Waals surface area contributed by atoms with E-state index in [0.717, 1.165) is 6.07 Å². The van der Waals surface area contributed by atoms with E-state index in [2.05, 4.69) is 4.98 Å². The van der Waals surface area contributed by atoms with Gasteiger partial charge in [0.25, 0.3) is 9.05 Å². The third kappa shape index (κ3) is 3.65. The Kier molecular flexibility index (Phi) is 4.64. The summed E-state index contributed by atoms with van der Waals surface area (Å²) >= 11 is 11.5. The number of aromatic nitrogens is 1. The van der Waals surface area contributed by atoms with E-state index in [0.29, 0.717) is 12.3 Å². The van der Waals surface area contributed by atoms with Gasteiger partial charge < -0.3 is 0 Å². The molecule has 2 rings (SSSR count). The van der Waals surface area contributed by atoms with Crippen molar-refractivity contribution in [2.24, 2.45) is 0 Å². The molecule has 0 aliphatic rings. The van der Waals surface area contributed by atoms with Gasteiger partial charge >= 0.3 is 6.18 Å². The molecule has 0 spiro atoms. The lowest BCUT2D eigenvalue weighted by Gasteiger charge is -2.10. The molecule has 1 aromatic heterocycles. The minimum absolute atomic E-state index is 0.0205. The molecule has 3 nitrogen and oxygen atoms in total. The molecule has 2 aromatic rings. The average molecular weight is 391 g/mol. The lowest BCUT2D eigenvalue weighted by Crippen LogP contribution is -2.05. The second-order valence-corrected chi connectivity index (χ2v) is 7.48. The molecule has 0 bridgehead atoms. The summed E-state index contributed by atoms with van der Waals surface area (Å²) in [6.45, 7) is 0. The fraction of sp³-hybridized carbons (Fsp3) is 0.0833. The van der Waals surface area contributed by atoms with Crippen LogP contribution >= 0.6 is 33.9 Å². The van der Waals surface area contributed by atoms with Crippen LogP contribution in [0.15, 0.2) is 35.4 Å². The van der Waals surface area contributed by atoms with Crippen LogP contribution in [0.1, 0.15) is 5.56 Å². The summed E-state index contributed by atoms with van der Waals surface area (Å²) in [6.07, 6.45) is -3.98. The first kappa shape index (κ1) is 17.3. The van der Waals surface area contributed by atoms with Gasteiger partial charge in [0.15, 0.2) is 0 Å². The van der Waals surface area contributed by atoms with Crippen LogP contribution in [-0.4, -0.2) is 13.4 Å². The Bertz CT molecular complexity index is 838. The topological polar surface area (TPSA) is 47.0 Å². The highest BCUT2D eigenvalue weighted by atomic mass is 35.7. The summed E-state index contributed by atoms with van der Waals surface area (Å²) in [5.74, 6) is 0. The zero-order valence-electron chi connectivity index (χ0n) is 10.3. The quantitative estimate of drug-likeness (QED) is 0.678. The van der Waals surface area contributed by atoms with Crippen LogP contribution < -0.4 is 0 Å². The van der Waals surface area contributed by atoms with Gasteiger partial charge in [0.1, 0.15) is 4.90 Å². The van der Waals surface area contributed by atoms with Crippen molar-refractivity contribution in [2.45, 2.75) is 11.1 Å². The number of halogens is 6. The molecule has 1 aromatic carbocycles. The molecule has 0 aliphatic carbocycles. The van der Waals surface area contributed by atoms with E-state index in [9.17, 15) is 21.6 Å². The van der Waals surface area contributed by atoms with Gasteiger partial charge in [0, 0.05) is 22.4 Å². The van der Waals surface area contributed by atoms with Crippen molar-refractivity contribution >= 4 is 42.9 Å². The third-order valence-corrected chi connectivity index (χ3v) is 4.73. The van der Waals surface area contributed by atoms with Gasteiger partial charge in [0.2, 0.25) is 0 Å². The monoisotopic (exact) mass is 389 g/mol. The van der Waals surface area contributed by atoms with Gasteiger partial charge in [-0.05, 0) is 18.2 Å². The van der Waals surface area contributed by atoms with Crippen LogP contribution in [-0.2, 0) is 15.2 Å².